The van der Waals surface area contributed by atoms with Crippen LogP contribution in [0.4, 0.5) is 0 Å². The fraction of sp³-hybridized carbons (Fsp3) is 1.00. The van der Waals surface area contributed by atoms with Crippen molar-refractivity contribution in [2.24, 2.45) is 5.73 Å². The molecule has 0 aromatic carbocycles. The number of rotatable bonds is 6. The summed E-state index contributed by atoms with van der Waals surface area (Å²) in [4.78, 5) is 2.48. The Morgan fingerprint density at radius 2 is 2.33 bits per heavy atom. The Morgan fingerprint density at radius 1 is 1.53 bits per heavy atom. The molecule has 90 valence electrons. The molecule has 1 rings (SSSR count). The first kappa shape index (κ1) is 13.3. The first-order valence-corrected chi connectivity index (χ1v) is 7.22. The lowest BCUT2D eigenvalue weighted by molar-refractivity contribution is -0.0378. The number of unbranched alkanes of at least 4 members (excludes halogenated alkanes) is 1. The summed E-state index contributed by atoms with van der Waals surface area (Å²) >= 11 is 1.93. The van der Waals surface area contributed by atoms with Gasteiger partial charge >= 0.3 is 0 Å². The van der Waals surface area contributed by atoms with E-state index < -0.39 is 0 Å². The third kappa shape index (κ3) is 5.20. The Labute approximate surface area is 97.7 Å². The number of morpholine rings is 1. The van der Waals surface area contributed by atoms with Crippen molar-refractivity contribution in [1.82, 2.24) is 4.90 Å². The van der Waals surface area contributed by atoms with Crippen LogP contribution in [0.2, 0.25) is 0 Å². The normalized spacial score (nSPS) is 25.4. The summed E-state index contributed by atoms with van der Waals surface area (Å²) in [6.07, 6.45) is 5.02. The lowest BCUT2D eigenvalue weighted by Gasteiger charge is -2.34. The van der Waals surface area contributed by atoms with Gasteiger partial charge in [0.2, 0.25) is 0 Å². The van der Waals surface area contributed by atoms with Crippen LogP contribution in [0.5, 0.6) is 0 Å². The van der Waals surface area contributed by atoms with Gasteiger partial charge in [-0.05, 0) is 38.3 Å². The minimum absolute atomic E-state index is 0.152. The summed E-state index contributed by atoms with van der Waals surface area (Å²) in [5.74, 6) is 1.28. The molecule has 1 aliphatic rings. The van der Waals surface area contributed by atoms with Crippen LogP contribution >= 0.6 is 11.8 Å². The van der Waals surface area contributed by atoms with Crippen LogP contribution in [0.25, 0.3) is 0 Å². The number of nitrogens with two attached hydrogens (primary N) is 1. The topological polar surface area (TPSA) is 38.5 Å². The highest BCUT2D eigenvalue weighted by molar-refractivity contribution is 7.98. The Morgan fingerprint density at radius 3 is 3.00 bits per heavy atom. The van der Waals surface area contributed by atoms with Crippen LogP contribution < -0.4 is 5.73 Å². The van der Waals surface area contributed by atoms with Gasteiger partial charge in [-0.1, -0.05) is 0 Å². The van der Waals surface area contributed by atoms with Crippen molar-refractivity contribution in [2.45, 2.75) is 31.9 Å². The maximum Gasteiger partial charge on any atom is 0.0850 e. The second kappa shape index (κ2) is 7.49. The molecule has 2 atom stereocenters. The smallest absolute Gasteiger partial charge is 0.0850 e. The van der Waals surface area contributed by atoms with Crippen LogP contribution in [0.15, 0.2) is 0 Å². The molecular weight excluding hydrogens is 208 g/mol. The fourth-order valence-electron chi connectivity index (χ4n) is 1.83. The van der Waals surface area contributed by atoms with Gasteiger partial charge in [0.25, 0.3) is 0 Å². The quantitative estimate of drug-likeness (QED) is 0.698. The van der Waals surface area contributed by atoms with E-state index in [4.69, 9.17) is 10.5 Å². The zero-order chi connectivity index (χ0) is 11.1. The Balaban J connectivity index is 2.13. The van der Waals surface area contributed by atoms with E-state index >= 15 is 0 Å². The lowest BCUT2D eigenvalue weighted by atomic mass is 10.1. The Kier molecular flexibility index (Phi) is 6.64. The maximum absolute atomic E-state index is 5.85. The first-order valence-electron chi connectivity index (χ1n) is 5.82. The molecule has 0 spiro atoms. The van der Waals surface area contributed by atoms with Gasteiger partial charge in [-0.25, -0.2) is 0 Å². The van der Waals surface area contributed by atoms with Gasteiger partial charge in [0.15, 0.2) is 0 Å². The molecule has 2 unspecified atom stereocenters. The Hall–Kier alpha value is 0.230. The van der Waals surface area contributed by atoms with Gasteiger partial charge in [0, 0.05) is 19.1 Å². The first-order chi connectivity index (χ1) is 7.24. The third-order valence-electron chi connectivity index (χ3n) is 2.84. The van der Waals surface area contributed by atoms with Crippen LogP contribution in [-0.2, 0) is 4.74 Å². The van der Waals surface area contributed by atoms with Crippen molar-refractivity contribution >= 4 is 11.8 Å². The van der Waals surface area contributed by atoms with E-state index in [9.17, 15) is 0 Å². The molecule has 0 radical (unpaired) electrons. The summed E-state index contributed by atoms with van der Waals surface area (Å²) < 4.78 is 5.63. The second-order valence-electron chi connectivity index (χ2n) is 4.27. The molecule has 0 amide bonds. The third-order valence-corrected chi connectivity index (χ3v) is 3.53. The predicted octanol–water partition coefficient (Wildman–Crippen LogP) is 1.18. The van der Waals surface area contributed by atoms with Gasteiger partial charge in [-0.3, -0.25) is 4.90 Å². The minimum Gasteiger partial charge on any atom is -0.374 e. The molecule has 15 heavy (non-hydrogen) atoms. The van der Waals surface area contributed by atoms with E-state index in [0.29, 0.717) is 0 Å². The molecule has 0 aliphatic carbocycles. The van der Waals surface area contributed by atoms with Crippen molar-refractivity contribution in [3.8, 4) is 0 Å². The highest BCUT2D eigenvalue weighted by Gasteiger charge is 2.22. The van der Waals surface area contributed by atoms with E-state index in [2.05, 4.69) is 11.2 Å². The van der Waals surface area contributed by atoms with Gasteiger partial charge in [-0.2, -0.15) is 11.8 Å². The van der Waals surface area contributed by atoms with E-state index in [-0.39, 0.29) is 12.1 Å². The van der Waals surface area contributed by atoms with Gasteiger partial charge < -0.3 is 10.5 Å². The molecule has 3 nitrogen and oxygen atoms in total. The molecule has 0 aromatic rings. The van der Waals surface area contributed by atoms with Crippen molar-refractivity contribution < 1.29 is 4.74 Å². The molecule has 1 saturated heterocycles. The average Bonchev–Trinajstić information content (AvgIpc) is 2.25. The summed E-state index contributed by atoms with van der Waals surface area (Å²) in [7, 11) is 0. The number of nitrogens with zero attached hydrogens (tertiary/aromatic N) is 1. The second-order valence-corrected chi connectivity index (χ2v) is 5.25. The zero-order valence-corrected chi connectivity index (χ0v) is 10.8. The summed E-state index contributed by atoms with van der Waals surface area (Å²) in [5.41, 5.74) is 5.85. The number of hydrogen-bond donors (Lipinski definition) is 1. The zero-order valence-electron chi connectivity index (χ0n) is 9.95. The van der Waals surface area contributed by atoms with E-state index in [1.165, 1.54) is 25.1 Å². The molecule has 0 saturated carbocycles. The molecule has 0 bridgehead atoms. The molecule has 1 fully saturated rings. The highest BCUT2D eigenvalue weighted by atomic mass is 32.2. The summed E-state index contributed by atoms with van der Waals surface area (Å²) in [5, 5.41) is 0. The summed E-state index contributed by atoms with van der Waals surface area (Å²) in [6.45, 7) is 6.16. The predicted molar refractivity (Wildman–Crippen MR) is 67.4 cm³/mol. The number of hydrogen-bond acceptors (Lipinski definition) is 4. The maximum atomic E-state index is 5.85. The number of ether oxygens (including phenoxy) is 1. The summed E-state index contributed by atoms with van der Waals surface area (Å²) in [6, 6.07) is 0.152. The van der Waals surface area contributed by atoms with Crippen molar-refractivity contribution in [3.63, 3.8) is 0 Å². The van der Waals surface area contributed by atoms with Crippen LogP contribution in [0, 0.1) is 0 Å². The van der Waals surface area contributed by atoms with Crippen LogP contribution in [0.3, 0.4) is 0 Å². The average molecular weight is 232 g/mol. The van der Waals surface area contributed by atoms with E-state index in [1.54, 1.807) is 0 Å². The van der Waals surface area contributed by atoms with Crippen molar-refractivity contribution in [3.05, 3.63) is 0 Å². The van der Waals surface area contributed by atoms with E-state index in [0.717, 1.165) is 19.7 Å². The van der Waals surface area contributed by atoms with Gasteiger partial charge in [-0.15, -0.1) is 0 Å². The van der Waals surface area contributed by atoms with Crippen LogP contribution in [-0.4, -0.2) is 55.3 Å². The minimum atomic E-state index is 0.152. The molecule has 1 heterocycles. The van der Waals surface area contributed by atoms with E-state index in [1.807, 2.05) is 18.7 Å². The molecule has 0 aromatic heterocycles. The van der Waals surface area contributed by atoms with Gasteiger partial charge in [0.1, 0.15) is 0 Å². The van der Waals surface area contributed by atoms with Crippen molar-refractivity contribution in [1.29, 1.82) is 0 Å². The SMILES string of the molecule is CSCCCCN1CCOC(C(C)N)C1. The number of thioether (sulfide) groups is 1. The fourth-order valence-corrected chi connectivity index (χ4v) is 2.33. The van der Waals surface area contributed by atoms with Gasteiger partial charge in [0.05, 0.1) is 12.7 Å². The largest absolute Gasteiger partial charge is 0.374 e. The molecular formula is C11H24N2OS. The molecule has 4 heteroatoms. The monoisotopic (exact) mass is 232 g/mol. The Bertz CT molecular complexity index is 167. The molecule has 2 N–H and O–H groups in total. The van der Waals surface area contributed by atoms with Crippen LogP contribution in [0.1, 0.15) is 19.8 Å². The standard InChI is InChI=1S/C11H24N2OS/c1-10(12)11-9-13(6-7-14-11)5-3-4-8-15-2/h10-11H,3-9,12H2,1-2H3. The molecule has 1 aliphatic heterocycles. The van der Waals surface area contributed by atoms with Crippen molar-refractivity contribution in [2.75, 3.05) is 38.2 Å². The lowest BCUT2D eigenvalue weighted by Crippen LogP contribution is -2.49. The highest BCUT2D eigenvalue weighted by Crippen LogP contribution is 2.09.